The fourth-order valence-electron chi connectivity index (χ4n) is 3.87. The number of ether oxygens (including phenoxy) is 1. The highest BCUT2D eigenvalue weighted by Crippen LogP contribution is 2.11. The lowest BCUT2D eigenvalue weighted by atomic mass is 10.1. The van der Waals surface area contributed by atoms with Crippen molar-refractivity contribution in [3.05, 3.63) is 24.3 Å². The monoisotopic (exact) mass is 448 g/mol. The van der Waals surface area contributed by atoms with Gasteiger partial charge in [0.1, 0.15) is 0 Å². The molecule has 2 heteroatoms. The molecule has 0 aromatic carbocycles. The molecule has 0 unspecified atom stereocenters. The molecular formula is C30H56O2. The molecule has 0 aliphatic carbocycles. The molecule has 0 amide bonds. The van der Waals surface area contributed by atoms with Crippen molar-refractivity contribution in [3.8, 4) is 0 Å². The standard InChI is InChI=1S/C30H56O2/c1-3-5-7-9-11-13-15-17-18-20-22-24-26-28-30(31)32-29-27-25-23-21-19-16-14-12-10-8-6-4-2/h10,12-13,15H,3-9,11,14,16-29H2,1-2H3/b12-10+,15-13+. The minimum atomic E-state index is 0.00543. The van der Waals surface area contributed by atoms with Gasteiger partial charge in [-0.1, -0.05) is 115 Å². The van der Waals surface area contributed by atoms with Crippen LogP contribution in [0.4, 0.5) is 0 Å². The van der Waals surface area contributed by atoms with Gasteiger partial charge in [0, 0.05) is 6.42 Å². The highest BCUT2D eigenvalue weighted by molar-refractivity contribution is 5.69. The molecule has 0 aliphatic rings. The molecule has 0 heterocycles. The lowest BCUT2D eigenvalue weighted by molar-refractivity contribution is -0.143. The van der Waals surface area contributed by atoms with Crippen molar-refractivity contribution in [2.24, 2.45) is 0 Å². The Morgan fingerprint density at radius 2 is 0.906 bits per heavy atom. The topological polar surface area (TPSA) is 26.3 Å². The van der Waals surface area contributed by atoms with Crippen LogP contribution in [0, 0.1) is 0 Å². The molecule has 0 fully saturated rings. The summed E-state index contributed by atoms with van der Waals surface area (Å²) in [7, 11) is 0. The molecule has 0 saturated heterocycles. The number of unbranched alkanes of at least 4 members (excludes halogenated alkanes) is 17. The van der Waals surface area contributed by atoms with Gasteiger partial charge in [-0.15, -0.1) is 0 Å². The molecule has 0 saturated carbocycles. The SMILES string of the molecule is CCCC/C=C/CCCCCCCCOC(=O)CCCCCCC/C=C/CCCCCC. The zero-order chi connectivity index (χ0) is 23.4. The molecule has 0 aliphatic heterocycles. The van der Waals surface area contributed by atoms with Crippen molar-refractivity contribution in [2.45, 2.75) is 155 Å². The van der Waals surface area contributed by atoms with Crippen LogP contribution in [-0.2, 0) is 9.53 Å². The Morgan fingerprint density at radius 1 is 0.500 bits per heavy atom. The lowest BCUT2D eigenvalue weighted by Gasteiger charge is -2.05. The minimum Gasteiger partial charge on any atom is -0.466 e. The summed E-state index contributed by atoms with van der Waals surface area (Å²) >= 11 is 0. The summed E-state index contributed by atoms with van der Waals surface area (Å²) in [5, 5.41) is 0. The smallest absolute Gasteiger partial charge is 0.305 e. The summed E-state index contributed by atoms with van der Waals surface area (Å²) in [4.78, 5) is 11.8. The van der Waals surface area contributed by atoms with Crippen LogP contribution in [0.25, 0.3) is 0 Å². The fraction of sp³-hybridized carbons (Fsp3) is 0.833. The van der Waals surface area contributed by atoms with E-state index in [1.807, 2.05) is 0 Å². The Labute approximate surface area is 201 Å². The maximum atomic E-state index is 11.8. The Kier molecular flexibility index (Phi) is 27.1. The molecule has 0 N–H and O–H groups in total. The van der Waals surface area contributed by atoms with Gasteiger partial charge < -0.3 is 4.74 Å². The van der Waals surface area contributed by atoms with Gasteiger partial charge in [-0.05, 0) is 57.8 Å². The molecule has 0 aromatic heterocycles. The predicted octanol–water partition coefficient (Wildman–Crippen LogP) is 10.3. The van der Waals surface area contributed by atoms with Crippen LogP contribution in [0.15, 0.2) is 24.3 Å². The van der Waals surface area contributed by atoms with E-state index in [-0.39, 0.29) is 5.97 Å². The van der Waals surface area contributed by atoms with Crippen molar-refractivity contribution < 1.29 is 9.53 Å². The maximum Gasteiger partial charge on any atom is 0.305 e. The predicted molar refractivity (Wildman–Crippen MR) is 142 cm³/mol. The van der Waals surface area contributed by atoms with E-state index in [4.69, 9.17) is 4.74 Å². The third-order valence-electron chi connectivity index (χ3n) is 6.06. The van der Waals surface area contributed by atoms with Gasteiger partial charge in [-0.2, -0.15) is 0 Å². The molecule has 2 nitrogen and oxygen atoms in total. The van der Waals surface area contributed by atoms with Gasteiger partial charge in [-0.25, -0.2) is 0 Å². The molecule has 0 spiro atoms. The van der Waals surface area contributed by atoms with E-state index in [0.717, 1.165) is 19.3 Å². The number of esters is 1. The second-order valence-corrected chi connectivity index (χ2v) is 9.37. The highest BCUT2D eigenvalue weighted by atomic mass is 16.5. The molecule has 0 radical (unpaired) electrons. The normalized spacial score (nSPS) is 11.7. The Morgan fingerprint density at radius 3 is 1.44 bits per heavy atom. The van der Waals surface area contributed by atoms with Crippen LogP contribution in [0.3, 0.4) is 0 Å². The van der Waals surface area contributed by atoms with Gasteiger partial charge in [0.25, 0.3) is 0 Å². The zero-order valence-corrected chi connectivity index (χ0v) is 21.9. The highest BCUT2D eigenvalue weighted by Gasteiger charge is 2.02. The molecule has 0 atom stereocenters. The average molecular weight is 449 g/mol. The number of hydrogen-bond acceptors (Lipinski definition) is 2. The zero-order valence-electron chi connectivity index (χ0n) is 21.9. The lowest BCUT2D eigenvalue weighted by Crippen LogP contribution is -2.05. The second-order valence-electron chi connectivity index (χ2n) is 9.37. The summed E-state index contributed by atoms with van der Waals surface area (Å²) in [6.45, 7) is 5.12. The van der Waals surface area contributed by atoms with Crippen molar-refractivity contribution in [3.63, 3.8) is 0 Å². The van der Waals surface area contributed by atoms with E-state index in [2.05, 4.69) is 38.2 Å². The number of hydrogen-bond donors (Lipinski definition) is 0. The quantitative estimate of drug-likeness (QED) is 0.0788. The summed E-state index contributed by atoms with van der Waals surface area (Å²) in [5.41, 5.74) is 0. The molecule has 0 rings (SSSR count). The molecule has 188 valence electrons. The van der Waals surface area contributed by atoms with E-state index in [1.54, 1.807) is 0 Å². The van der Waals surface area contributed by atoms with Gasteiger partial charge >= 0.3 is 5.97 Å². The summed E-state index contributed by atoms with van der Waals surface area (Å²) in [6.07, 6.45) is 36.3. The fourth-order valence-corrected chi connectivity index (χ4v) is 3.87. The third-order valence-corrected chi connectivity index (χ3v) is 6.06. The number of rotatable bonds is 25. The Balaban J connectivity index is 3.22. The molecule has 0 aromatic rings. The van der Waals surface area contributed by atoms with E-state index >= 15 is 0 Å². The summed E-state index contributed by atoms with van der Waals surface area (Å²) in [5.74, 6) is 0.00543. The van der Waals surface area contributed by atoms with Crippen molar-refractivity contribution in [1.29, 1.82) is 0 Å². The minimum absolute atomic E-state index is 0.00543. The molecule has 0 bridgehead atoms. The molecule has 32 heavy (non-hydrogen) atoms. The number of allylic oxidation sites excluding steroid dienone is 4. The average Bonchev–Trinajstić information content (AvgIpc) is 2.80. The van der Waals surface area contributed by atoms with Gasteiger partial charge in [-0.3, -0.25) is 4.79 Å². The first-order chi connectivity index (χ1) is 15.8. The Bertz CT molecular complexity index is 425. The van der Waals surface area contributed by atoms with Crippen LogP contribution in [-0.4, -0.2) is 12.6 Å². The van der Waals surface area contributed by atoms with Crippen LogP contribution >= 0.6 is 0 Å². The van der Waals surface area contributed by atoms with Crippen LogP contribution < -0.4 is 0 Å². The van der Waals surface area contributed by atoms with Crippen molar-refractivity contribution >= 4 is 5.97 Å². The summed E-state index contributed by atoms with van der Waals surface area (Å²) < 4.78 is 5.38. The van der Waals surface area contributed by atoms with Crippen molar-refractivity contribution in [1.82, 2.24) is 0 Å². The van der Waals surface area contributed by atoms with E-state index in [1.165, 1.54) is 116 Å². The second kappa shape index (κ2) is 28.0. The van der Waals surface area contributed by atoms with E-state index in [9.17, 15) is 4.79 Å². The number of carbonyl (C=O) groups is 1. The summed E-state index contributed by atoms with van der Waals surface area (Å²) in [6, 6.07) is 0. The molecular weight excluding hydrogens is 392 g/mol. The Hall–Kier alpha value is -1.05. The van der Waals surface area contributed by atoms with Crippen LogP contribution in [0.5, 0.6) is 0 Å². The van der Waals surface area contributed by atoms with Gasteiger partial charge in [0.05, 0.1) is 6.61 Å². The number of carbonyl (C=O) groups excluding carboxylic acids is 1. The first-order valence-electron chi connectivity index (χ1n) is 14.3. The van der Waals surface area contributed by atoms with Crippen LogP contribution in [0.2, 0.25) is 0 Å². The largest absolute Gasteiger partial charge is 0.466 e. The first kappa shape index (κ1) is 30.9. The third kappa shape index (κ3) is 27.0. The van der Waals surface area contributed by atoms with Gasteiger partial charge in [0.15, 0.2) is 0 Å². The van der Waals surface area contributed by atoms with Gasteiger partial charge in [0.2, 0.25) is 0 Å². The van der Waals surface area contributed by atoms with E-state index in [0.29, 0.717) is 13.0 Å². The van der Waals surface area contributed by atoms with Crippen LogP contribution in [0.1, 0.15) is 155 Å². The van der Waals surface area contributed by atoms with E-state index < -0.39 is 0 Å². The maximum absolute atomic E-state index is 11.8. The van der Waals surface area contributed by atoms with Crippen molar-refractivity contribution in [2.75, 3.05) is 6.61 Å². The first-order valence-corrected chi connectivity index (χ1v) is 14.3.